The number of hydrogen-bond donors (Lipinski definition) is 0. The van der Waals surface area contributed by atoms with E-state index in [1.807, 2.05) is 0 Å². The second kappa shape index (κ2) is 12.7. The molecule has 4 nitrogen and oxygen atoms in total. The van der Waals surface area contributed by atoms with Crippen LogP contribution in [-0.2, 0) is 10.4 Å². The topological polar surface area (TPSA) is 80.3 Å². The summed E-state index contributed by atoms with van der Waals surface area (Å²) in [5.41, 5.74) is 0. The van der Waals surface area contributed by atoms with E-state index in [-0.39, 0.29) is 81.3 Å². The van der Waals surface area contributed by atoms with E-state index >= 15 is 0 Å². The van der Waals surface area contributed by atoms with Crippen molar-refractivity contribution in [3.8, 4) is 0 Å². The quantitative estimate of drug-likeness (QED) is 0.253. The predicted octanol–water partition coefficient (Wildman–Crippen LogP) is -8.09. The Morgan fingerprint density at radius 2 is 1.00 bits per heavy atom. The molecule has 0 rings (SSSR count). The van der Waals surface area contributed by atoms with E-state index in [0.29, 0.717) is 0 Å². The molecule has 0 aliphatic rings. The molecule has 9 heavy (non-hydrogen) atoms. The van der Waals surface area contributed by atoms with Gasteiger partial charge < -0.3 is 18.5 Å². The summed E-state index contributed by atoms with van der Waals surface area (Å²) >= 11 is 0. The Morgan fingerprint density at radius 1 is 1.00 bits per heavy atom. The molecule has 9 heteroatoms. The maximum absolute atomic E-state index is 8.52. The minimum Gasteiger partial charge on any atom is -1.00 e. The Bertz CT molecular complexity index is 102. The van der Waals surface area contributed by atoms with Gasteiger partial charge in [-0.25, -0.2) is 0 Å². The summed E-state index contributed by atoms with van der Waals surface area (Å²) in [7, 11) is -5.17. The molecule has 0 aromatic carbocycles. The first-order valence-corrected chi connectivity index (χ1v) is 2.00. The van der Waals surface area contributed by atoms with Crippen LogP contribution in [0.4, 0.5) is 0 Å². The molecule has 0 aliphatic carbocycles. The van der Waals surface area contributed by atoms with Crippen molar-refractivity contribution in [2.75, 3.05) is 0 Å². The molecular weight excluding hydrogens is 296 g/mol. The minimum absolute atomic E-state index is 0. The smallest absolute Gasteiger partial charge is 1.00 e. The van der Waals surface area contributed by atoms with E-state index in [2.05, 4.69) is 0 Å². The molecule has 0 fully saturated rings. The summed E-state index contributed by atoms with van der Waals surface area (Å²) in [6.07, 6.45) is 0. The Kier molecular flexibility index (Phi) is 43.1. The van der Waals surface area contributed by atoms with Gasteiger partial charge in [0.05, 0.1) is 0 Å². The van der Waals surface area contributed by atoms with Gasteiger partial charge in [0.15, 0.2) is 0 Å². The Hall–Kier alpha value is 2.07. The largest absolute Gasteiger partial charge is 2.00 e. The Balaban J connectivity index is -0.0000000133. The fourth-order valence-corrected chi connectivity index (χ4v) is 0. The van der Waals surface area contributed by atoms with Gasteiger partial charge in [-0.2, -0.15) is 0 Å². The maximum Gasteiger partial charge on any atom is 2.00 e. The van der Waals surface area contributed by atoms with Crippen molar-refractivity contribution in [3.05, 3.63) is 0 Å². The first kappa shape index (κ1) is 30.5. The van der Waals surface area contributed by atoms with Crippen LogP contribution >= 0.6 is 0 Å². The van der Waals surface area contributed by atoms with Gasteiger partial charge in [0.2, 0.25) is 0 Å². The monoisotopic (exact) mass is 296 g/mol. The van der Waals surface area contributed by atoms with E-state index in [1.54, 1.807) is 0 Å². The molecule has 0 aromatic heterocycles. The van der Waals surface area contributed by atoms with E-state index in [9.17, 15) is 0 Å². The van der Waals surface area contributed by atoms with Crippen LogP contribution in [-0.4, -0.2) is 89.5 Å². The molecule has 0 radical (unpaired) electrons. The molecule has 0 aromatic rings. The summed E-state index contributed by atoms with van der Waals surface area (Å²) in [5.74, 6) is 0. The third-order valence-electron chi connectivity index (χ3n) is 0. The molecule has 0 bridgehead atoms. The molecule has 0 amide bonds. The molecule has 0 atom stereocenters. The van der Waals surface area contributed by atoms with Gasteiger partial charge in [-0.15, -0.1) is 0 Å². The van der Waals surface area contributed by atoms with Crippen LogP contribution < -0.4 is 9.41 Å². The van der Waals surface area contributed by atoms with Gasteiger partial charge in [0.1, 0.15) is 0 Å². The summed E-state index contributed by atoms with van der Waals surface area (Å²) in [5, 5.41) is 0. The first-order chi connectivity index (χ1) is 2.00. The molecule has 0 unspecified atom stereocenters. The first-order valence-electron chi connectivity index (χ1n) is 0.667. The fraction of sp³-hybridized carbons (Fsp3) is 0. The second-order valence-electron chi connectivity index (χ2n) is 0.408. The van der Waals surface area contributed by atoms with Crippen molar-refractivity contribution in [1.82, 2.24) is 0 Å². The van der Waals surface area contributed by atoms with Crippen molar-refractivity contribution in [3.63, 3.8) is 0 Å². The zero-order valence-electron chi connectivity index (χ0n) is 4.21. The molecule has 0 N–H and O–H groups in total. The van der Waals surface area contributed by atoms with Crippen molar-refractivity contribution in [1.29, 1.82) is 0 Å². The molecule has 48 valence electrons. The molecule has 0 saturated heterocycles. The Labute approximate surface area is 107 Å². The fourth-order valence-electron chi connectivity index (χ4n) is 0. The van der Waals surface area contributed by atoms with Crippen LogP contribution in [0.3, 0.4) is 0 Å². The van der Waals surface area contributed by atoms with Gasteiger partial charge in [0.25, 0.3) is 0 Å². The standard InChI is InChI=1S/Ba.2FH.Mg.H2O4S/c;;;;1-5(2,3)4/h;2*1H;;(H2,1,2,3,4)/q+2;;;+2;/p-4. The van der Waals surface area contributed by atoms with Crippen molar-refractivity contribution in [2.24, 2.45) is 0 Å². The molecule has 0 spiro atoms. The third kappa shape index (κ3) is 153. The minimum atomic E-state index is -5.17. The SMILES string of the molecule is O=S(=O)([O-])[O-].[Ba+2].[F-].[F-].[Mg+2]. The van der Waals surface area contributed by atoms with E-state index < -0.39 is 10.4 Å². The average molecular weight is 296 g/mol. The average Bonchev–Trinajstić information content (AvgIpc) is 0.722. The van der Waals surface area contributed by atoms with Crippen LogP contribution in [0.2, 0.25) is 0 Å². The van der Waals surface area contributed by atoms with Crippen LogP contribution in [0.5, 0.6) is 0 Å². The normalized spacial score (nSPS) is 6.44. The Morgan fingerprint density at radius 3 is 1.00 bits per heavy atom. The van der Waals surface area contributed by atoms with Gasteiger partial charge in [-0.1, -0.05) is 0 Å². The number of rotatable bonds is 0. The summed E-state index contributed by atoms with van der Waals surface area (Å²) in [4.78, 5) is 0. The van der Waals surface area contributed by atoms with Crippen LogP contribution in [0.1, 0.15) is 0 Å². The van der Waals surface area contributed by atoms with Crippen LogP contribution in [0.25, 0.3) is 0 Å². The number of halogens is 2. The van der Waals surface area contributed by atoms with Crippen LogP contribution in [0, 0.1) is 0 Å². The predicted molar refractivity (Wildman–Crippen MR) is 22.0 cm³/mol. The van der Waals surface area contributed by atoms with E-state index in [4.69, 9.17) is 17.5 Å². The van der Waals surface area contributed by atoms with E-state index in [1.165, 1.54) is 0 Å². The molecule has 0 heterocycles. The van der Waals surface area contributed by atoms with Gasteiger partial charge in [-0.3, -0.25) is 8.42 Å². The summed E-state index contributed by atoms with van der Waals surface area (Å²) < 4.78 is 34.1. The van der Waals surface area contributed by atoms with Crippen molar-refractivity contribution in [2.45, 2.75) is 0 Å². The number of hydrogen-bond acceptors (Lipinski definition) is 4. The maximum atomic E-state index is 8.52. The molecular formula is BaF2MgO4S. The summed E-state index contributed by atoms with van der Waals surface area (Å²) in [6, 6.07) is 0. The molecule has 0 saturated carbocycles. The van der Waals surface area contributed by atoms with Gasteiger partial charge >= 0.3 is 71.9 Å². The third-order valence-corrected chi connectivity index (χ3v) is 0. The van der Waals surface area contributed by atoms with Crippen molar-refractivity contribution >= 4 is 82.3 Å². The van der Waals surface area contributed by atoms with Crippen LogP contribution in [0.15, 0.2) is 0 Å². The van der Waals surface area contributed by atoms with Crippen molar-refractivity contribution < 1.29 is 26.9 Å². The zero-order chi connectivity index (χ0) is 4.50. The van der Waals surface area contributed by atoms with Gasteiger partial charge in [0, 0.05) is 10.4 Å². The summed E-state index contributed by atoms with van der Waals surface area (Å²) in [6.45, 7) is 0. The van der Waals surface area contributed by atoms with E-state index in [0.717, 1.165) is 0 Å². The second-order valence-corrected chi connectivity index (χ2v) is 1.22. The molecule has 0 aliphatic heterocycles. The zero-order valence-corrected chi connectivity index (χ0v) is 10.9. The van der Waals surface area contributed by atoms with Gasteiger partial charge in [-0.05, 0) is 0 Å².